The third-order valence-corrected chi connectivity index (χ3v) is 3.70. The summed E-state index contributed by atoms with van der Waals surface area (Å²) < 4.78 is 5.72. The summed E-state index contributed by atoms with van der Waals surface area (Å²) in [5, 5.41) is 0. The molecule has 0 aromatic carbocycles. The van der Waals surface area contributed by atoms with E-state index in [0.29, 0.717) is 12.5 Å². The van der Waals surface area contributed by atoms with Crippen molar-refractivity contribution in [3.8, 4) is 16.9 Å². The molecule has 0 saturated carbocycles. The number of ether oxygens (including phenoxy) is 1. The second kappa shape index (κ2) is 5.66. The van der Waals surface area contributed by atoms with E-state index >= 15 is 0 Å². The van der Waals surface area contributed by atoms with Gasteiger partial charge in [-0.25, -0.2) is 0 Å². The summed E-state index contributed by atoms with van der Waals surface area (Å²) in [4.78, 5) is 12.1. The van der Waals surface area contributed by atoms with E-state index in [0.717, 1.165) is 28.0 Å². The van der Waals surface area contributed by atoms with Gasteiger partial charge in [0.15, 0.2) is 5.78 Å². The Morgan fingerprint density at radius 1 is 1.25 bits per heavy atom. The minimum Gasteiger partial charge on any atom is -0.493 e. The maximum absolute atomic E-state index is 12.1. The molecule has 2 nitrogen and oxygen atoms in total. The lowest BCUT2D eigenvalue weighted by Crippen LogP contribution is -1.99. The Hall–Kier alpha value is -1.83. The van der Waals surface area contributed by atoms with Crippen LogP contribution in [0.5, 0.6) is 5.75 Å². The van der Waals surface area contributed by atoms with Gasteiger partial charge in [-0.3, -0.25) is 4.79 Å². The van der Waals surface area contributed by atoms with Gasteiger partial charge in [0.25, 0.3) is 0 Å². The third-order valence-electron chi connectivity index (χ3n) is 3.70. The second-order valence-electron chi connectivity index (χ2n) is 5.47. The van der Waals surface area contributed by atoms with Gasteiger partial charge in [-0.05, 0) is 48.9 Å². The number of hydrogen-bond acceptors (Lipinski definition) is 2. The Labute approximate surface area is 121 Å². The molecule has 0 spiro atoms. The lowest BCUT2D eigenvalue weighted by molar-refractivity contribution is 0.101. The maximum atomic E-state index is 12.1. The monoisotopic (exact) mass is 270 g/mol. The van der Waals surface area contributed by atoms with Gasteiger partial charge in [0, 0.05) is 0 Å². The van der Waals surface area contributed by atoms with Crippen LogP contribution in [-0.4, -0.2) is 12.4 Å². The lowest BCUT2D eigenvalue weighted by atomic mass is 10.0. The van der Waals surface area contributed by atoms with Crippen LogP contribution in [0.15, 0.2) is 24.3 Å². The topological polar surface area (TPSA) is 26.3 Å². The van der Waals surface area contributed by atoms with Crippen molar-refractivity contribution >= 4 is 5.78 Å². The Morgan fingerprint density at radius 2 is 1.95 bits per heavy atom. The van der Waals surface area contributed by atoms with Gasteiger partial charge in [0.05, 0.1) is 12.2 Å². The molecule has 0 atom stereocenters. The SMILES string of the molecule is CCOc1c(C)c2cccc(C(C)C)cc-2c1C(C)=O. The Morgan fingerprint density at radius 3 is 2.50 bits per heavy atom. The van der Waals surface area contributed by atoms with E-state index in [4.69, 9.17) is 4.74 Å². The zero-order chi connectivity index (χ0) is 14.9. The molecule has 0 N–H and O–H groups in total. The molecule has 2 heteroatoms. The van der Waals surface area contributed by atoms with E-state index in [1.54, 1.807) is 6.92 Å². The average Bonchev–Trinajstić information content (AvgIpc) is 2.54. The second-order valence-corrected chi connectivity index (χ2v) is 5.47. The molecule has 0 heterocycles. The quantitative estimate of drug-likeness (QED) is 0.744. The fraction of sp³-hybridized carbons (Fsp3) is 0.389. The lowest BCUT2D eigenvalue weighted by Gasteiger charge is -2.06. The minimum atomic E-state index is 0.0625. The molecular formula is C18H22O2. The molecule has 2 aliphatic carbocycles. The highest BCUT2D eigenvalue weighted by Gasteiger charge is 2.24. The Kier molecular flexibility index (Phi) is 4.12. The summed E-state index contributed by atoms with van der Waals surface area (Å²) in [6.45, 7) is 10.5. The molecule has 0 saturated heterocycles. The third kappa shape index (κ3) is 2.43. The molecule has 0 fully saturated rings. The predicted molar refractivity (Wildman–Crippen MR) is 83.1 cm³/mol. The highest BCUT2D eigenvalue weighted by Crippen LogP contribution is 2.42. The summed E-state index contributed by atoms with van der Waals surface area (Å²) in [7, 11) is 0. The standard InChI is InChI=1S/C18H22O2/c1-6-20-18-12(4)15-9-7-8-14(11(2)3)10-16(15)17(18)13(5)19/h7-11H,6H2,1-5H3. The van der Waals surface area contributed by atoms with Gasteiger partial charge in [-0.15, -0.1) is 0 Å². The van der Waals surface area contributed by atoms with Crippen molar-refractivity contribution in [3.63, 3.8) is 0 Å². The number of Topliss-reactive ketones (excluding diaryl/α,β-unsaturated/α-hetero) is 1. The van der Waals surface area contributed by atoms with Crippen molar-refractivity contribution in [1.82, 2.24) is 0 Å². The molecule has 20 heavy (non-hydrogen) atoms. The van der Waals surface area contributed by atoms with Crippen LogP contribution < -0.4 is 4.74 Å². The van der Waals surface area contributed by atoms with Crippen LogP contribution in [0.3, 0.4) is 0 Å². The van der Waals surface area contributed by atoms with Crippen LogP contribution in [0.1, 0.15) is 55.1 Å². The first-order valence-electron chi connectivity index (χ1n) is 7.17. The number of rotatable bonds is 4. The highest BCUT2D eigenvalue weighted by molar-refractivity contribution is 6.06. The van der Waals surface area contributed by atoms with Crippen LogP contribution in [0.4, 0.5) is 0 Å². The summed E-state index contributed by atoms with van der Waals surface area (Å²) in [6.07, 6.45) is 0. The Balaban J connectivity index is 2.80. The molecule has 0 aromatic rings. The van der Waals surface area contributed by atoms with Crippen molar-refractivity contribution in [2.24, 2.45) is 0 Å². The number of fused-ring (bicyclic) bond motifs is 1. The maximum Gasteiger partial charge on any atom is 0.164 e. The normalized spacial score (nSPS) is 11.1. The van der Waals surface area contributed by atoms with Crippen molar-refractivity contribution in [1.29, 1.82) is 0 Å². The Bertz CT molecular complexity index is 611. The molecule has 0 amide bonds. The van der Waals surface area contributed by atoms with Gasteiger partial charge >= 0.3 is 0 Å². The summed E-state index contributed by atoms with van der Waals surface area (Å²) in [5.74, 6) is 1.24. The molecule has 0 bridgehead atoms. The molecule has 0 aromatic heterocycles. The van der Waals surface area contributed by atoms with E-state index in [9.17, 15) is 4.79 Å². The fourth-order valence-corrected chi connectivity index (χ4v) is 2.64. The van der Waals surface area contributed by atoms with Crippen molar-refractivity contribution in [3.05, 3.63) is 41.0 Å². The number of ketones is 1. The van der Waals surface area contributed by atoms with Crippen LogP contribution in [0.25, 0.3) is 11.1 Å². The first-order valence-corrected chi connectivity index (χ1v) is 7.17. The zero-order valence-electron chi connectivity index (χ0n) is 12.9. The average molecular weight is 270 g/mol. The van der Waals surface area contributed by atoms with Gasteiger partial charge in [-0.1, -0.05) is 38.1 Å². The number of carbonyl (C=O) groups excluding carboxylic acids is 1. The van der Waals surface area contributed by atoms with Crippen LogP contribution in [0.2, 0.25) is 0 Å². The van der Waals surface area contributed by atoms with Gasteiger partial charge < -0.3 is 4.74 Å². The first kappa shape index (κ1) is 14.6. The summed E-state index contributed by atoms with van der Waals surface area (Å²) >= 11 is 0. The van der Waals surface area contributed by atoms with Gasteiger partial charge in [0.2, 0.25) is 0 Å². The smallest absolute Gasteiger partial charge is 0.164 e. The molecule has 0 unspecified atom stereocenters. The van der Waals surface area contributed by atoms with Crippen molar-refractivity contribution < 1.29 is 9.53 Å². The molecule has 0 radical (unpaired) electrons. The van der Waals surface area contributed by atoms with E-state index in [1.165, 1.54) is 5.56 Å². The number of carbonyl (C=O) groups is 1. The van der Waals surface area contributed by atoms with E-state index in [2.05, 4.69) is 38.1 Å². The minimum absolute atomic E-state index is 0.0625. The van der Waals surface area contributed by atoms with Crippen molar-refractivity contribution in [2.45, 2.75) is 40.5 Å². The first-order chi connectivity index (χ1) is 9.47. The molecule has 0 aliphatic heterocycles. The summed E-state index contributed by atoms with van der Waals surface area (Å²) in [5.41, 5.74) is 5.11. The van der Waals surface area contributed by atoms with Gasteiger partial charge in [0.1, 0.15) is 5.75 Å². The van der Waals surface area contributed by atoms with E-state index in [1.807, 2.05) is 13.8 Å². The molecule has 2 aliphatic rings. The van der Waals surface area contributed by atoms with E-state index in [-0.39, 0.29) is 5.78 Å². The molecule has 2 rings (SSSR count). The van der Waals surface area contributed by atoms with Crippen LogP contribution >= 0.6 is 0 Å². The molecular weight excluding hydrogens is 248 g/mol. The van der Waals surface area contributed by atoms with Crippen molar-refractivity contribution in [2.75, 3.05) is 6.61 Å². The number of hydrogen-bond donors (Lipinski definition) is 0. The highest BCUT2D eigenvalue weighted by atomic mass is 16.5. The molecule has 106 valence electrons. The zero-order valence-corrected chi connectivity index (χ0v) is 12.9. The predicted octanol–water partition coefficient (Wildman–Crippen LogP) is 4.82. The fourth-order valence-electron chi connectivity index (χ4n) is 2.64. The largest absolute Gasteiger partial charge is 0.493 e. The van der Waals surface area contributed by atoms with Gasteiger partial charge in [-0.2, -0.15) is 0 Å². The van der Waals surface area contributed by atoms with E-state index < -0.39 is 0 Å². The van der Waals surface area contributed by atoms with Crippen LogP contribution in [-0.2, 0) is 0 Å². The summed E-state index contributed by atoms with van der Waals surface area (Å²) in [6, 6.07) is 8.39. The van der Waals surface area contributed by atoms with Crippen LogP contribution in [0, 0.1) is 6.92 Å².